The minimum Gasteiger partial charge on any atom is -0.0990 e. The standard InChI is InChI=1S/C12H20/c1-8-9(2)12(5)7-6-10(8)11(12,3)4/h8,10H,2,6-7H2,1,3-5H3. The number of hydrogen-bond donors (Lipinski definition) is 0. The van der Waals surface area contributed by atoms with Crippen LogP contribution in [0.4, 0.5) is 0 Å². The second-order valence-electron chi connectivity index (χ2n) is 5.51. The highest BCUT2D eigenvalue weighted by molar-refractivity contribution is 5.29. The van der Waals surface area contributed by atoms with Gasteiger partial charge in [-0.15, -0.1) is 0 Å². The van der Waals surface area contributed by atoms with Crippen molar-refractivity contribution in [3.05, 3.63) is 12.2 Å². The molecule has 2 aliphatic rings. The lowest BCUT2D eigenvalue weighted by Crippen LogP contribution is -2.27. The number of rotatable bonds is 0. The lowest BCUT2D eigenvalue weighted by Gasteiger charge is -2.35. The number of fused-ring (bicyclic) bond motifs is 2. The van der Waals surface area contributed by atoms with E-state index in [1.165, 1.54) is 18.4 Å². The molecule has 2 bridgehead atoms. The van der Waals surface area contributed by atoms with E-state index in [0.717, 1.165) is 11.8 Å². The summed E-state index contributed by atoms with van der Waals surface area (Å²) >= 11 is 0. The summed E-state index contributed by atoms with van der Waals surface area (Å²) in [7, 11) is 0. The van der Waals surface area contributed by atoms with Crippen molar-refractivity contribution in [3.63, 3.8) is 0 Å². The Morgan fingerprint density at radius 1 is 1.33 bits per heavy atom. The molecule has 0 amide bonds. The molecule has 2 aliphatic carbocycles. The maximum atomic E-state index is 4.29. The zero-order valence-electron chi connectivity index (χ0n) is 8.78. The van der Waals surface area contributed by atoms with Crippen LogP contribution in [0, 0.1) is 22.7 Å². The Morgan fingerprint density at radius 2 is 1.92 bits per heavy atom. The minimum atomic E-state index is 0.442. The van der Waals surface area contributed by atoms with Crippen LogP contribution in [0.25, 0.3) is 0 Å². The molecule has 12 heavy (non-hydrogen) atoms. The van der Waals surface area contributed by atoms with E-state index in [9.17, 15) is 0 Å². The van der Waals surface area contributed by atoms with Gasteiger partial charge in [0.05, 0.1) is 0 Å². The summed E-state index contributed by atoms with van der Waals surface area (Å²) in [4.78, 5) is 0. The van der Waals surface area contributed by atoms with Crippen LogP contribution in [0.2, 0.25) is 0 Å². The lowest BCUT2D eigenvalue weighted by atomic mass is 9.69. The first kappa shape index (κ1) is 8.34. The van der Waals surface area contributed by atoms with E-state index >= 15 is 0 Å². The summed E-state index contributed by atoms with van der Waals surface area (Å²) in [5.41, 5.74) is 2.46. The van der Waals surface area contributed by atoms with Gasteiger partial charge in [-0.2, -0.15) is 0 Å². The molecular formula is C12H20. The summed E-state index contributed by atoms with van der Waals surface area (Å²) in [5.74, 6) is 1.66. The van der Waals surface area contributed by atoms with Gasteiger partial charge >= 0.3 is 0 Å². The molecule has 0 aliphatic heterocycles. The van der Waals surface area contributed by atoms with Gasteiger partial charge in [0.25, 0.3) is 0 Å². The summed E-state index contributed by atoms with van der Waals surface area (Å²) in [5, 5.41) is 0. The van der Waals surface area contributed by atoms with E-state index in [1.54, 1.807) is 0 Å². The van der Waals surface area contributed by atoms with Crippen LogP contribution in [0.1, 0.15) is 40.5 Å². The first-order valence-electron chi connectivity index (χ1n) is 5.10. The minimum absolute atomic E-state index is 0.442. The molecule has 3 atom stereocenters. The van der Waals surface area contributed by atoms with E-state index in [1.807, 2.05) is 0 Å². The fourth-order valence-corrected chi connectivity index (χ4v) is 3.73. The molecular weight excluding hydrogens is 144 g/mol. The van der Waals surface area contributed by atoms with Crippen molar-refractivity contribution in [2.75, 3.05) is 0 Å². The first-order chi connectivity index (χ1) is 5.41. The third kappa shape index (κ3) is 0.616. The molecule has 0 spiro atoms. The molecule has 68 valence electrons. The highest BCUT2D eigenvalue weighted by Gasteiger charge is 2.61. The van der Waals surface area contributed by atoms with E-state index in [4.69, 9.17) is 0 Å². The Morgan fingerprint density at radius 3 is 2.17 bits per heavy atom. The largest absolute Gasteiger partial charge is 0.0990 e. The molecule has 0 radical (unpaired) electrons. The maximum absolute atomic E-state index is 4.29. The van der Waals surface area contributed by atoms with Crippen molar-refractivity contribution in [1.82, 2.24) is 0 Å². The van der Waals surface area contributed by atoms with Gasteiger partial charge in [0.15, 0.2) is 0 Å². The summed E-state index contributed by atoms with van der Waals surface area (Å²) in [6, 6.07) is 0. The van der Waals surface area contributed by atoms with Gasteiger partial charge in [-0.1, -0.05) is 39.8 Å². The van der Waals surface area contributed by atoms with Gasteiger partial charge in [0.1, 0.15) is 0 Å². The van der Waals surface area contributed by atoms with E-state index in [-0.39, 0.29) is 0 Å². The van der Waals surface area contributed by atoms with Crippen molar-refractivity contribution < 1.29 is 0 Å². The highest BCUT2D eigenvalue weighted by atomic mass is 14.6. The Hall–Kier alpha value is -0.260. The van der Waals surface area contributed by atoms with Crippen LogP contribution in [-0.2, 0) is 0 Å². The predicted molar refractivity (Wildman–Crippen MR) is 52.9 cm³/mol. The SMILES string of the molecule is C=C1C(C)C2CCC1(C)C2(C)C. The molecule has 0 heterocycles. The first-order valence-corrected chi connectivity index (χ1v) is 5.10. The lowest BCUT2D eigenvalue weighted by molar-refractivity contribution is 0.173. The smallest absolute Gasteiger partial charge is 0.00622 e. The fraction of sp³-hybridized carbons (Fsp3) is 0.833. The molecule has 0 aromatic heterocycles. The second kappa shape index (κ2) is 1.97. The molecule has 0 aromatic rings. The molecule has 2 rings (SSSR count). The van der Waals surface area contributed by atoms with Gasteiger partial charge in [-0.3, -0.25) is 0 Å². The molecule has 3 unspecified atom stereocenters. The van der Waals surface area contributed by atoms with Crippen molar-refractivity contribution in [1.29, 1.82) is 0 Å². The second-order valence-corrected chi connectivity index (χ2v) is 5.51. The van der Waals surface area contributed by atoms with Crippen molar-refractivity contribution in [3.8, 4) is 0 Å². The number of hydrogen-bond acceptors (Lipinski definition) is 0. The average molecular weight is 164 g/mol. The zero-order chi connectivity index (χ0) is 9.15. The van der Waals surface area contributed by atoms with Gasteiger partial charge in [-0.25, -0.2) is 0 Å². The molecule has 0 saturated heterocycles. The molecule has 0 heteroatoms. The Kier molecular flexibility index (Phi) is 1.37. The topological polar surface area (TPSA) is 0 Å². The molecule has 2 saturated carbocycles. The van der Waals surface area contributed by atoms with Crippen molar-refractivity contribution >= 4 is 0 Å². The average Bonchev–Trinajstić information content (AvgIpc) is 2.26. The Bertz CT molecular complexity index is 236. The molecule has 0 aromatic carbocycles. The van der Waals surface area contributed by atoms with Crippen LogP contribution in [0.3, 0.4) is 0 Å². The summed E-state index contributed by atoms with van der Waals surface area (Å²) < 4.78 is 0. The zero-order valence-corrected chi connectivity index (χ0v) is 8.78. The van der Waals surface area contributed by atoms with E-state index in [0.29, 0.717) is 10.8 Å². The maximum Gasteiger partial charge on any atom is -0.00622 e. The van der Waals surface area contributed by atoms with Crippen LogP contribution < -0.4 is 0 Å². The molecule has 0 nitrogen and oxygen atoms in total. The predicted octanol–water partition coefficient (Wildman–Crippen LogP) is 3.63. The monoisotopic (exact) mass is 164 g/mol. The van der Waals surface area contributed by atoms with Gasteiger partial charge in [0.2, 0.25) is 0 Å². The third-order valence-electron chi connectivity index (χ3n) is 5.17. The molecule has 2 fully saturated rings. The van der Waals surface area contributed by atoms with Crippen molar-refractivity contribution in [2.24, 2.45) is 22.7 Å². The van der Waals surface area contributed by atoms with Gasteiger partial charge in [-0.05, 0) is 35.5 Å². The quantitative estimate of drug-likeness (QED) is 0.479. The number of allylic oxidation sites excluding steroid dienone is 1. The summed E-state index contributed by atoms with van der Waals surface area (Å²) in [6.07, 6.45) is 2.79. The van der Waals surface area contributed by atoms with Crippen LogP contribution >= 0.6 is 0 Å². The molecule has 0 N–H and O–H groups in total. The van der Waals surface area contributed by atoms with Gasteiger partial charge in [0, 0.05) is 0 Å². The normalized spacial score (nSPS) is 50.2. The Balaban J connectivity index is 2.50. The van der Waals surface area contributed by atoms with Crippen LogP contribution in [-0.4, -0.2) is 0 Å². The van der Waals surface area contributed by atoms with Crippen LogP contribution in [0.5, 0.6) is 0 Å². The summed E-state index contributed by atoms with van der Waals surface area (Å²) in [6.45, 7) is 13.9. The van der Waals surface area contributed by atoms with Crippen molar-refractivity contribution in [2.45, 2.75) is 40.5 Å². The van der Waals surface area contributed by atoms with Gasteiger partial charge < -0.3 is 0 Å². The highest BCUT2D eigenvalue weighted by Crippen LogP contribution is 2.69. The van der Waals surface area contributed by atoms with E-state index < -0.39 is 0 Å². The Labute approximate surface area is 76.1 Å². The fourth-order valence-electron chi connectivity index (χ4n) is 3.73. The van der Waals surface area contributed by atoms with Crippen LogP contribution in [0.15, 0.2) is 12.2 Å². The third-order valence-corrected chi connectivity index (χ3v) is 5.17. The van der Waals surface area contributed by atoms with E-state index in [2.05, 4.69) is 34.3 Å².